The molecule has 1 aliphatic rings. The summed E-state index contributed by atoms with van der Waals surface area (Å²) in [6.07, 6.45) is -0.0721. The molecule has 0 saturated carbocycles. The molecule has 2 atom stereocenters. The second-order valence-corrected chi connectivity index (χ2v) is 4.24. The molecule has 5 heteroatoms. The highest BCUT2D eigenvalue weighted by atomic mass is 16.6. The molecule has 0 amide bonds. The van der Waals surface area contributed by atoms with Crippen molar-refractivity contribution in [3.05, 3.63) is 29.8 Å². The summed E-state index contributed by atoms with van der Waals surface area (Å²) in [4.78, 5) is 23.2. The summed E-state index contributed by atoms with van der Waals surface area (Å²) in [5.41, 5.74) is 0.848. The van der Waals surface area contributed by atoms with Gasteiger partial charge in [-0.1, -0.05) is 12.1 Å². The Hall–Kier alpha value is -2.04. The number of cyclic esters (lactones) is 1. The minimum atomic E-state index is -0.813. The second kappa shape index (κ2) is 5.73. The molecule has 1 aromatic rings. The Morgan fingerprint density at radius 3 is 2.63 bits per heavy atom. The molecule has 0 spiro atoms. The number of hydrogen-bond donors (Lipinski definition) is 0. The van der Waals surface area contributed by atoms with Crippen LogP contribution in [0.1, 0.15) is 25.0 Å². The lowest BCUT2D eigenvalue weighted by Crippen LogP contribution is -2.21. The van der Waals surface area contributed by atoms with Crippen molar-refractivity contribution in [1.29, 1.82) is 0 Å². The molecule has 1 saturated heterocycles. The van der Waals surface area contributed by atoms with E-state index in [1.54, 1.807) is 26.2 Å². The van der Waals surface area contributed by atoms with Crippen LogP contribution in [0.4, 0.5) is 0 Å². The van der Waals surface area contributed by atoms with Gasteiger partial charge in [0.15, 0.2) is 5.92 Å². The van der Waals surface area contributed by atoms with Crippen molar-refractivity contribution < 1.29 is 23.8 Å². The molecule has 0 unspecified atom stereocenters. The van der Waals surface area contributed by atoms with Crippen LogP contribution in [0.15, 0.2) is 24.3 Å². The van der Waals surface area contributed by atoms with E-state index in [9.17, 15) is 9.59 Å². The van der Waals surface area contributed by atoms with Gasteiger partial charge in [0.1, 0.15) is 11.9 Å². The number of carbonyl (C=O) groups is 2. The lowest BCUT2D eigenvalue weighted by molar-refractivity contribution is -0.156. The Bertz CT molecular complexity index is 465. The number of methoxy groups -OCH3 is 1. The Kier molecular flexibility index (Phi) is 4.04. The SMILES string of the molecule is CCOC(=O)[C@H]1C[C@@H](c2ccc(OC)cc2)OC1=O. The van der Waals surface area contributed by atoms with Crippen molar-refractivity contribution in [3.63, 3.8) is 0 Å². The van der Waals surface area contributed by atoms with Crippen molar-refractivity contribution in [2.45, 2.75) is 19.4 Å². The first kappa shape index (κ1) is 13.4. The first-order valence-corrected chi connectivity index (χ1v) is 6.16. The van der Waals surface area contributed by atoms with E-state index in [1.807, 2.05) is 12.1 Å². The molecule has 0 bridgehead atoms. The Labute approximate surface area is 111 Å². The zero-order chi connectivity index (χ0) is 13.8. The fourth-order valence-electron chi connectivity index (χ4n) is 2.04. The van der Waals surface area contributed by atoms with Crippen molar-refractivity contribution in [3.8, 4) is 5.75 Å². The molecule has 0 radical (unpaired) electrons. The summed E-state index contributed by atoms with van der Waals surface area (Å²) >= 11 is 0. The Morgan fingerprint density at radius 2 is 2.05 bits per heavy atom. The molecule has 19 heavy (non-hydrogen) atoms. The van der Waals surface area contributed by atoms with E-state index < -0.39 is 24.0 Å². The predicted molar refractivity (Wildman–Crippen MR) is 66.6 cm³/mol. The summed E-state index contributed by atoms with van der Waals surface area (Å²) in [5.74, 6) is -1.11. The fourth-order valence-corrected chi connectivity index (χ4v) is 2.04. The molecule has 1 fully saturated rings. The van der Waals surface area contributed by atoms with Crippen LogP contribution in [0.3, 0.4) is 0 Å². The number of carbonyl (C=O) groups excluding carboxylic acids is 2. The van der Waals surface area contributed by atoms with Gasteiger partial charge in [-0.05, 0) is 24.6 Å². The number of benzene rings is 1. The number of rotatable bonds is 4. The van der Waals surface area contributed by atoms with E-state index in [0.29, 0.717) is 6.42 Å². The minimum absolute atomic E-state index is 0.260. The molecule has 0 N–H and O–H groups in total. The summed E-state index contributed by atoms with van der Waals surface area (Å²) in [6, 6.07) is 7.23. The van der Waals surface area contributed by atoms with Gasteiger partial charge in [0.2, 0.25) is 0 Å². The average molecular weight is 264 g/mol. The summed E-state index contributed by atoms with van der Waals surface area (Å²) < 4.78 is 15.1. The van der Waals surface area contributed by atoms with Crippen LogP contribution in [0.2, 0.25) is 0 Å². The summed E-state index contributed by atoms with van der Waals surface area (Å²) in [6.45, 7) is 1.97. The van der Waals surface area contributed by atoms with Crippen molar-refractivity contribution >= 4 is 11.9 Å². The molecule has 1 aromatic carbocycles. The van der Waals surface area contributed by atoms with E-state index >= 15 is 0 Å². The van der Waals surface area contributed by atoms with Crippen LogP contribution in [-0.2, 0) is 19.1 Å². The monoisotopic (exact) mass is 264 g/mol. The molecule has 2 rings (SSSR count). The number of hydrogen-bond acceptors (Lipinski definition) is 5. The number of esters is 2. The lowest BCUT2D eigenvalue weighted by Gasteiger charge is -2.09. The molecule has 0 aliphatic carbocycles. The highest BCUT2D eigenvalue weighted by Gasteiger charge is 2.41. The van der Waals surface area contributed by atoms with Crippen LogP contribution in [0, 0.1) is 5.92 Å². The van der Waals surface area contributed by atoms with Gasteiger partial charge in [0.25, 0.3) is 0 Å². The standard InChI is InChI=1S/C14H16O5/c1-3-18-13(15)11-8-12(19-14(11)16)9-4-6-10(17-2)7-5-9/h4-7,11-12H,3,8H2,1-2H3/t11-,12+/m1/s1. The third kappa shape index (κ3) is 2.86. The third-order valence-electron chi connectivity index (χ3n) is 3.05. The van der Waals surface area contributed by atoms with E-state index in [2.05, 4.69) is 0 Å². The van der Waals surface area contributed by atoms with E-state index in [4.69, 9.17) is 14.2 Å². The zero-order valence-corrected chi connectivity index (χ0v) is 10.9. The van der Waals surface area contributed by atoms with Gasteiger partial charge in [-0.15, -0.1) is 0 Å². The minimum Gasteiger partial charge on any atom is -0.497 e. The van der Waals surface area contributed by atoms with E-state index in [-0.39, 0.29) is 6.61 Å². The van der Waals surface area contributed by atoms with Crippen molar-refractivity contribution in [1.82, 2.24) is 0 Å². The smallest absolute Gasteiger partial charge is 0.321 e. The quantitative estimate of drug-likeness (QED) is 0.613. The van der Waals surface area contributed by atoms with Gasteiger partial charge >= 0.3 is 11.9 Å². The maximum atomic E-state index is 11.6. The topological polar surface area (TPSA) is 61.8 Å². The first-order chi connectivity index (χ1) is 9.15. The maximum Gasteiger partial charge on any atom is 0.321 e. The van der Waals surface area contributed by atoms with Crippen LogP contribution in [-0.4, -0.2) is 25.7 Å². The van der Waals surface area contributed by atoms with Gasteiger partial charge < -0.3 is 14.2 Å². The lowest BCUT2D eigenvalue weighted by atomic mass is 10.0. The van der Waals surface area contributed by atoms with E-state index in [1.165, 1.54) is 0 Å². The van der Waals surface area contributed by atoms with Crippen LogP contribution in [0.25, 0.3) is 0 Å². The van der Waals surface area contributed by atoms with Crippen LogP contribution < -0.4 is 4.74 Å². The Balaban J connectivity index is 2.07. The molecular weight excluding hydrogens is 248 g/mol. The zero-order valence-electron chi connectivity index (χ0n) is 10.9. The highest BCUT2D eigenvalue weighted by Crippen LogP contribution is 2.34. The second-order valence-electron chi connectivity index (χ2n) is 4.24. The molecule has 1 heterocycles. The average Bonchev–Trinajstić information content (AvgIpc) is 2.81. The normalized spacial score (nSPS) is 21.9. The molecular formula is C14H16O5. The molecule has 102 valence electrons. The summed E-state index contributed by atoms with van der Waals surface area (Å²) in [7, 11) is 1.58. The number of ether oxygens (including phenoxy) is 3. The van der Waals surface area contributed by atoms with Crippen molar-refractivity contribution in [2.24, 2.45) is 5.92 Å². The van der Waals surface area contributed by atoms with Gasteiger partial charge in [-0.2, -0.15) is 0 Å². The van der Waals surface area contributed by atoms with Crippen LogP contribution >= 0.6 is 0 Å². The first-order valence-electron chi connectivity index (χ1n) is 6.16. The highest BCUT2D eigenvalue weighted by molar-refractivity contribution is 5.96. The van der Waals surface area contributed by atoms with Gasteiger partial charge in [-0.25, -0.2) is 0 Å². The van der Waals surface area contributed by atoms with Gasteiger partial charge in [0.05, 0.1) is 13.7 Å². The molecule has 0 aromatic heterocycles. The van der Waals surface area contributed by atoms with Gasteiger partial charge in [0, 0.05) is 6.42 Å². The predicted octanol–water partition coefficient (Wildman–Crippen LogP) is 1.86. The summed E-state index contributed by atoms with van der Waals surface area (Å²) in [5, 5.41) is 0. The fraction of sp³-hybridized carbons (Fsp3) is 0.429. The largest absolute Gasteiger partial charge is 0.497 e. The Morgan fingerprint density at radius 1 is 1.37 bits per heavy atom. The van der Waals surface area contributed by atoms with Gasteiger partial charge in [-0.3, -0.25) is 9.59 Å². The maximum absolute atomic E-state index is 11.6. The molecule has 5 nitrogen and oxygen atoms in total. The van der Waals surface area contributed by atoms with E-state index in [0.717, 1.165) is 11.3 Å². The third-order valence-corrected chi connectivity index (χ3v) is 3.05. The molecule has 1 aliphatic heterocycles. The van der Waals surface area contributed by atoms with Crippen molar-refractivity contribution in [2.75, 3.05) is 13.7 Å². The van der Waals surface area contributed by atoms with Crippen LogP contribution in [0.5, 0.6) is 5.75 Å².